The highest BCUT2D eigenvalue weighted by molar-refractivity contribution is 7.15. The number of nitriles is 1. The number of anilines is 2. The van der Waals surface area contributed by atoms with Gasteiger partial charge in [0.15, 0.2) is 5.13 Å². The molecule has 0 aliphatic carbocycles. The number of nitrogens with one attached hydrogen (secondary N) is 2. The Hall–Kier alpha value is -2.36. The maximum absolute atomic E-state index is 12.0. The Morgan fingerprint density at radius 2 is 2.05 bits per heavy atom. The molecule has 0 saturated carbocycles. The molecule has 0 bridgehead atoms. The van der Waals surface area contributed by atoms with Crippen LogP contribution in [-0.2, 0) is 4.79 Å². The third-order valence-electron chi connectivity index (χ3n) is 2.84. The zero-order valence-electron chi connectivity index (χ0n) is 12.0. The van der Waals surface area contributed by atoms with E-state index in [2.05, 4.69) is 15.6 Å². The first-order chi connectivity index (χ1) is 10.5. The van der Waals surface area contributed by atoms with Gasteiger partial charge >= 0.3 is 0 Å². The monoisotopic (exact) mass is 332 g/mol. The van der Waals surface area contributed by atoms with Crippen molar-refractivity contribution in [2.24, 2.45) is 0 Å². The van der Waals surface area contributed by atoms with Crippen LogP contribution in [0.5, 0.6) is 0 Å². The summed E-state index contributed by atoms with van der Waals surface area (Å²) in [6.07, 6.45) is 1.35. The van der Waals surface area contributed by atoms with Crippen LogP contribution in [-0.4, -0.2) is 10.9 Å². The van der Waals surface area contributed by atoms with E-state index in [4.69, 9.17) is 16.9 Å². The number of amides is 1. The van der Waals surface area contributed by atoms with Crippen molar-refractivity contribution >= 4 is 39.7 Å². The molecule has 2 N–H and O–H groups in total. The number of aryl methyl sites for hydroxylation is 2. The number of halogens is 1. The average molecular weight is 333 g/mol. The van der Waals surface area contributed by atoms with E-state index in [0.29, 0.717) is 15.8 Å². The van der Waals surface area contributed by atoms with Crippen LogP contribution in [0.2, 0.25) is 5.02 Å². The molecule has 1 amide bonds. The lowest BCUT2D eigenvalue weighted by Crippen LogP contribution is -2.14. The molecule has 5 nitrogen and oxygen atoms in total. The van der Waals surface area contributed by atoms with Crippen molar-refractivity contribution in [3.05, 3.63) is 51.6 Å². The normalized spacial score (nSPS) is 10.9. The summed E-state index contributed by atoms with van der Waals surface area (Å²) in [6.45, 7) is 3.86. The van der Waals surface area contributed by atoms with E-state index in [1.54, 1.807) is 24.3 Å². The minimum Gasteiger partial charge on any atom is -0.337 e. The number of benzene rings is 1. The lowest BCUT2D eigenvalue weighted by atomic mass is 10.2. The minimum atomic E-state index is -0.498. The average Bonchev–Trinajstić information content (AvgIpc) is 2.81. The van der Waals surface area contributed by atoms with Crippen LogP contribution in [0.3, 0.4) is 0 Å². The molecule has 7 heteroatoms. The first-order valence-electron chi connectivity index (χ1n) is 6.37. The fraction of sp³-hybridized carbons (Fsp3) is 0.133. The van der Waals surface area contributed by atoms with Crippen molar-refractivity contribution < 1.29 is 4.79 Å². The summed E-state index contributed by atoms with van der Waals surface area (Å²) in [5, 5.41) is 15.8. The van der Waals surface area contributed by atoms with Crippen molar-refractivity contribution in [2.75, 3.05) is 10.6 Å². The Kier molecular flexibility index (Phi) is 5.15. The van der Waals surface area contributed by atoms with Gasteiger partial charge in [0.1, 0.15) is 11.6 Å². The molecule has 0 spiro atoms. The predicted molar refractivity (Wildman–Crippen MR) is 89.0 cm³/mol. The smallest absolute Gasteiger partial charge is 0.267 e. The second kappa shape index (κ2) is 7.07. The Morgan fingerprint density at radius 3 is 2.59 bits per heavy atom. The van der Waals surface area contributed by atoms with E-state index in [1.165, 1.54) is 17.5 Å². The molecule has 0 aliphatic rings. The quantitative estimate of drug-likeness (QED) is 0.658. The van der Waals surface area contributed by atoms with E-state index in [0.717, 1.165) is 10.6 Å². The zero-order chi connectivity index (χ0) is 16.1. The Morgan fingerprint density at radius 1 is 1.36 bits per heavy atom. The number of thiazole rings is 1. The molecular formula is C15H13ClN4OS. The van der Waals surface area contributed by atoms with Crippen LogP contribution in [0.15, 0.2) is 36.0 Å². The summed E-state index contributed by atoms with van der Waals surface area (Å²) in [6, 6.07) is 8.51. The highest BCUT2D eigenvalue weighted by atomic mass is 35.5. The maximum atomic E-state index is 12.0. The molecule has 22 heavy (non-hydrogen) atoms. The summed E-state index contributed by atoms with van der Waals surface area (Å²) in [4.78, 5) is 17.4. The third-order valence-corrected chi connectivity index (χ3v) is 4.09. The van der Waals surface area contributed by atoms with Gasteiger partial charge in [-0.3, -0.25) is 4.79 Å². The van der Waals surface area contributed by atoms with Gasteiger partial charge < -0.3 is 10.6 Å². The lowest BCUT2D eigenvalue weighted by Gasteiger charge is -2.04. The Balaban J connectivity index is 2.06. The van der Waals surface area contributed by atoms with Crippen molar-refractivity contribution in [3.63, 3.8) is 0 Å². The van der Waals surface area contributed by atoms with Gasteiger partial charge in [0.05, 0.1) is 5.69 Å². The summed E-state index contributed by atoms with van der Waals surface area (Å²) in [7, 11) is 0. The molecule has 112 valence electrons. The molecule has 1 aromatic carbocycles. The van der Waals surface area contributed by atoms with E-state index in [9.17, 15) is 4.79 Å². The number of aromatic nitrogens is 1. The molecule has 0 atom stereocenters. The van der Waals surface area contributed by atoms with Gasteiger partial charge in [-0.1, -0.05) is 11.6 Å². The fourth-order valence-corrected chi connectivity index (χ4v) is 2.46. The van der Waals surface area contributed by atoms with Crippen LogP contribution in [0.25, 0.3) is 0 Å². The number of carbonyl (C=O) groups excluding carboxylic acids is 1. The summed E-state index contributed by atoms with van der Waals surface area (Å²) in [5.74, 6) is -0.498. The van der Waals surface area contributed by atoms with Gasteiger partial charge in [-0.15, -0.1) is 11.3 Å². The topological polar surface area (TPSA) is 77.8 Å². The van der Waals surface area contributed by atoms with Crippen molar-refractivity contribution in [1.29, 1.82) is 5.26 Å². The van der Waals surface area contributed by atoms with E-state index in [1.807, 2.05) is 19.9 Å². The van der Waals surface area contributed by atoms with Crippen LogP contribution < -0.4 is 10.6 Å². The second-order valence-electron chi connectivity index (χ2n) is 4.44. The maximum Gasteiger partial charge on any atom is 0.267 e. The Bertz CT molecular complexity index is 739. The Labute approximate surface area is 137 Å². The number of nitrogens with zero attached hydrogens (tertiary/aromatic N) is 2. The van der Waals surface area contributed by atoms with Crippen molar-refractivity contribution in [2.45, 2.75) is 13.8 Å². The van der Waals surface area contributed by atoms with Crippen LogP contribution in [0, 0.1) is 25.2 Å². The highest BCUT2D eigenvalue weighted by Gasteiger charge is 2.10. The largest absolute Gasteiger partial charge is 0.337 e. The predicted octanol–water partition coefficient (Wildman–Crippen LogP) is 3.87. The van der Waals surface area contributed by atoms with Gasteiger partial charge in [-0.2, -0.15) is 5.26 Å². The van der Waals surface area contributed by atoms with Crippen LogP contribution >= 0.6 is 22.9 Å². The highest BCUT2D eigenvalue weighted by Crippen LogP contribution is 2.21. The molecule has 2 aromatic rings. The molecule has 0 unspecified atom stereocenters. The summed E-state index contributed by atoms with van der Waals surface area (Å²) in [5.41, 5.74) is 1.45. The molecule has 0 radical (unpaired) electrons. The van der Waals surface area contributed by atoms with Crippen molar-refractivity contribution in [3.8, 4) is 6.07 Å². The van der Waals surface area contributed by atoms with Crippen molar-refractivity contribution in [1.82, 2.24) is 4.98 Å². The van der Waals surface area contributed by atoms with E-state index < -0.39 is 5.91 Å². The molecule has 0 fully saturated rings. The van der Waals surface area contributed by atoms with E-state index in [-0.39, 0.29) is 5.57 Å². The minimum absolute atomic E-state index is 0.0412. The first-order valence-corrected chi connectivity index (χ1v) is 7.57. The number of hydrogen-bond donors (Lipinski definition) is 2. The number of hydrogen-bond acceptors (Lipinski definition) is 5. The fourth-order valence-electron chi connectivity index (χ4n) is 1.55. The van der Waals surface area contributed by atoms with Gasteiger partial charge in [-0.25, -0.2) is 4.98 Å². The molecule has 0 aliphatic heterocycles. The summed E-state index contributed by atoms with van der Waals surface area (Å²) < 4.78 is 0. The molecule has 1 heterocycles. The van der Waals surface area contributed by atoms with Gasteiger partial charge in [0.25, 0.3) is 5.91 Å². The SMILES string of the molecule is Cc1nc(N/C=C(/C#N)C(=O)Nc2ccc(Cl)cc2)sc1C. The molecule has 1 aromatic heterocycles. The number of carbonyl (C=O) groups is 1. The van der Waals surface area contributed by atoms with Crippen LogP contribution in [0.1, 0.15) is 10.6 Å². The standard InChI is InChI=1S/C15H13ClN4OS/c1-9-10(2)22-15(19-9)18-8-11(7-17)14(21)20-13-5-3-12(16)4-6-13/h3-6,8H,1-2H3,(H,18,19)(H,20,21)/b11-8-. The number of rotatable bonds is 4. The van der Waals surface area contributed by atoms with Gasteiger partial charge in [0.2, 0.25) is 0 Å². The van der Waals surface area contributed by atoms with Gasteiger partial charge in [-0.05, 0) is 38.1 Å². The second-order valence-corrected chi connectivity index (χ2v) is 6.08. The molecular weight excluding hydrogens is 320 g/mol. The molecule has 0 saturated heterocycles. The molecule has 2 rings (SSSR count). The van der Waals surface area contributed by atoms with Crippen LogP contribution in [0.4, 0.5) is 10.8 Å². The van der Waals surface area contributed by atoms with E-state index >= 15 is 0 Å². The third kappa shape index (κ3) is 4.07. The lowest BCUT2D eigenvalue weighted by molar-refractivity contribution is -0.112. The summed E-state index contributed by atoms with van der Waals surface area (Å²) >= 11 is 7.24. The first kappa shape index (κ1) is 16.0. The van der Waals surface area contributed by atoms with Gasteiger partial charge in [0, 0.05) is 21.8 Å². The zero-order valence-corrected chi connectivity index (χ0v) is 13.5.